The molecule has 4 nitrogen and oxygen atoms in total. The Bertz CT molecular complexity index is 742. The second-order valence-electron chi connectivity index (χ2n) is 4.10. The first-order chi connectivity index (χ1) is 9.24. The molecule has 3 rings (SSSR count). The molecule has 2 aromatic carbocycles. The van der Waals surface area contributed by atoms with Crippen LogP contribution in [0.4, 0.5) is 17.2 Å². The highest BCUT2D eigenvalue weighted by molar-refractivity contribution is 9.10. The maximum Gasteiger partial charge on any atom is 0.141 e. The lowest BCUT2D eigenvalue weighted by molar-refractivity contribution is 1.22. The molecule has 0 bridgehead atoms. The molecule has 0 amide bonds. The van der Waals surface area contributed by atoms with Crippen LogP contribution in [-0.2, 0) is 0 Å². The fraction of sp³-hybridized carbons (Fsp3) is 0. The van der Waals surface area contributed by atoms with Gasteiger partial charge in [-0.05, 0) is 46.3 Å². The van der Waals surface area contributed by atoms with Gasteiger partial charge in [-0.1, -0.05) is 12.1 Å². The van der Waals surface area contributed by atoms with Crippen molar-refractivity contribution in [2.24, 2.45) is 0 Å². The van der Waals surface area contributed by atoms with E-state index in [9.17, 15) is 0 Å². The predicted molar refractivity (Wildman–Crippen MR) is 81.4 cm³/mol. The molecule has 0 unspecified atom stereocenters. The first kappa shape index (κ1) is 11.9. The van der Waals surface area contributed by atoms with E-state index < -0.39 is 0 Å². The van der Waals surface area contributed by atoms with Crippen molar-refractivity contribution in [1.29, 1.82) is 0 Å². The van der Waals surface area contributed by atoms with Gasteiger partial charge >= 0.3 is 0 Å². The fourth-order valence-corrected chi connectivity index (χ4v) is 2.25. The van der Waals surface area contributed by atoms with Gasteiger partial charge in [0.25, 0.3) is 0 Å². The summed E-state index contributed by atoms with van der Waals surface area (Å²) in [5, 5.41) is 4.23. The fourth-order valence-electron chi connectivity index (χ4n) is 1.86. The molecule has 3 N–H and O–H groups in total. The lowest BCUT2D eigenvalue weighted by atomic mass is 10.2. The van der Waals surface area contributed by atoms with E-state index in [0.29, 0.717) is 5.69 Å². The maximum absolute atomic E-state index is 5.76. The summed E-state index contributed by atoms with van der Waals surface area (Å²) in [5.41, 5.74) is 8.24. The van der Waals surface area contributed by atoms with Crippen LogP contribution in [0.2, 0.25) is 0 Å². The van der Waals surface area contributed by atoms with Gasteiger partial charge in [0.15, 0.2) is 0 Å². The Labute approximate surface area is 118 Å². The third kappa shape index (κ3) is 2.37. The Morgan fingerprint density at radius 1 is 1.05 bits per heavy atom. The Hall–Kier alpha value is -2.14. The lowest BCUT2D eigenvalue weighted by Gasteiger charge is -2.09. The number of nitrogens with two attached hydrogens (primary N) is 1. The zero-order chi connectivity index (χ0) is 13.2. The van der Waals surface area contributed by atoms with Crippen LogP contribution in [0.1, 0.15) is 0 Å². The summed E-state index contributed by atoms with van der Waals surface area (Å²) in [5.74, 6) is 0.761. The van der Waals surface area contributed by atoms with Crippen molar-refractivity contribution in [3.05, 3.63) is 53.3 Å². The van der Waals surface area contributed by atoms with Gasteiger partial charge in [0.05, 0.1) is 11.2 Å². The van der Waals surface area contributed by atoms with Gasteiger partial charge in [0, 0.05) is 15.5 Å². The standard InChI is InChI=1S/C14H11BrN4/c15-11-3-1-2-4-12(11)19-14-10-6-5-9(16)7-13(10)17-8-18-14/h1-8H,16H2,(H,17,18,19). The van der Waals surface area contributed by atoms with Gasteiger partial charge in [-0.25, -0.2) is 9.97 Å². The molecule has 0 saturated heterocycles. The van der Waals surface area contributed by atoms with E-state index in [0.717, 1.165) is 26.9 Å². The third-order valence-electron chi connectivity index (χ3n) is 2.79. The average Bonchev–Trinajstić information content (AvgIpc) is 2.41. The summed E-state index contributed by atoms with van der Waals surface area (Å²) in [7, 11) is 0. The molecular weight excluding hydrogens is 304 g/mol. The van der Waals surface area contributed by atoms with Crippen molar-refractivity contribution < 1.29 is 0 Å². The minimum Gasteiger partial charge on any atom is -0.399 e. The number of anilines is 3. The molecule has 0 aliphatic carbocycles. The summed E-state index contributed by atoms with van der Waals surface area (Å²) in [6, 6.07) is 13.5. The van der Waals surface area contributed by atoms with E-state index in [1.807, 2.05) is 42.5 Å². The van der Waals surface area contributed by atoms with E-state index in [1.54, 1.807) is 0 Å². The zero-order valence-electron chi connectivity index (χ0n) is 9.97. The molecule has 0 aliphatic rings. The maximum atomic E-state index is 5.76. The van der Waals surface area contributed by atoms with Crippen LogP contribution in [0.25, 0.3) is 10.9 Å². The molecule has 0 saturated carbocycles. The number of hydrogen-bond donors (Lipinski definition) is 2. The monoisotopic (exact) mass is 314 g/mol. The van der Waals surface area contributed by atoms with Crippen molar-refractivity contribution >= 4 is 44.0 Å². The van der Waals surface area contributed by atoms with Gasteiger partial charge < -0.3 is 11.1 Å². The van der Waals surface area contributed by atoms with Crippen LogP contribution in [0.3, 0.4) is 0 Å². The molecule has 1 aromatic heterocycles. The number of aromatic nitrogens is 2. The minimum absolute atomic E-state index is 0.693. The molecule has 0 aliphatic heterocycles. The molecule has 1 heterocycles. The Morgan fingerprint density at radius 3 is 2.74 bits per heavy atom. The van der Waals surface area contributed by atoms with Crippen molar-refractivity contribution in [3.63, 3.8) is 0 Å². The second-order valence-corrected chi connectivity index (χ2v) is 4.96. The number of halogens is 1. The summed E-state index contributed by atoms with van der Waals surface area (Å²) >= 11 is 3.50. The molecule has 5 heteroatoms. The van der Waals surface area contributed by atoms with Gasteiger partial charge in [-0.2, -0.15) is 0 Å². The number of nitrogens with zero attached hydrogens (tertiary/aromatic N) is 2. The van der Waals surface area contributed by atoms with Crippen LogP contribution in [0, 0.1) is 0 Å². The molecule has 19 heavy (non-hydrogen) atoms. The van der Waals surface area contributed by atoms with E-state index in [2.05, 4.69) is 31.2 Å². The Balaban J connectivity index is 2.09. The van der Waals surface area contributed by atoms with Gasteiger partial charge in [-0.15, -0.1) is 0 Å². The van der Waals surface area contributed by atoms with Crippen molar-refractivity contribution in [3.8, 4) is 0 Å². The Kier molecular flexibility index (Phi) is 3.05. The number of hydrogen-bond acceptors (Lipinski definition) is 4. The lowest BCUT2D eigenvalue weighted by Crippen LogP contribution is -1.97. The van der Waals surface area contributed by atoms with E-state index in [1.165, 1.54) is 6.33 Å². The quantitative estimate of drug-likeness (QED) is 0.708. The Morgan fingerprint density at radius 2 is 1.89 bits per heavy atom. The second kappa shape index (κ2) is 4.85. The van der Waals surface area contributed by atoms with Crippen LogP contribution in [0.5, 0.6) is 0 Å². The average molecular weight is 315 g/mol. The number of benzene rings is 2. The third-order valence-corrected chi connectivity index (χ3v) is 3.48. The molecular formula is C14H11BrN4. The van der Waals surface area contributed by atoms with Crippen LogP contribution in [0.15, 0.2) is 53.3 Å². The number of fused-ring (bicyclic) bond motifs is 1. The SMILES string of the molecule is Nc1ccc2c(Nc3ccccc3Br)ncnc2c1. The van der Waals surface area contributed by atoms with Crippen molar-refractivity contribution in [1.82, 2.24) is 9.97 Å². The van der Waals surface area contributed by atoms with Crippen LogP contribution >= 0.6 is 15.9 Å². The summed E-state index contributed by atoms with van der Waals surface area (Å²) < 4.78 is 0.984. The molecule has 0 atom stereocenters. The smallest absolute Gasteiger partial charge is 0.141 e. The van der Waals surface area contributed by atoms with Gasteiger partial charge in [0.2, 0.25) is 0 Å². The van der Waals surface area contributed by atoms with E-state index in [4.69, 9.17) is 5.73 Å². The topological polar surface area (TPSA) is 63.8 Å². The van der Waals surface area contributed by atoms with E-state index >= 15 is 0 Å². The normalized spacial score (nSPS) is 10.6. The first-order valence-electron chi connectivity index (χ1n) is 5.76. The largest absolute Gasteiger partial charge is 0.399 e. The summed E-state index contributed by atoms with van der Waals surface area (Å²) in [6.45, 7) is 0. The van der Waals surface area contributed by atoms with E-state index in [-0.39, 0.29) is 0 Å². The molecule has 0 fully saturated rings. The minimum atomic E-state index is 0.693. The molecule has 94 valence electrons. The van der Waals surface area contributed by atoms with Gasteiger partial charge in [-0.3, -0.25) is 0 Å². The highest BCUT2D eigenvalue weighted by Gasteiger charge is 2.05. The van der Waals surface area contributed by atoms with Crippen LogP contribution < -0.4 is 11.1 Å². The first-order valence-corrected chi connectivity index (χ1v) is 6.55. The molecule has 3 aromatic rings. The number of rotatable bonds is 2. The highest BCUT2D eigenvalue weighted by atomic mass is 79.9. The van der Waals surface area contributed by atoms with Crippen LogP contribution in [-0.4, -0.2) is 9.97 Å². The van der Waals surface area contributed by atoms with Crippen molar-refractivity contribution in [2.45, 2.75) is 0 Å². The summed E-state index contributed by atoms with van der Waals surface area (Å²) in [6.07, 6.45) is 1.53. The molecule has 0 spiro atoms. The number of nitrogens with one attached hydrogen (secondary N) is 1. The summed E-state index contributed by atoms with van der Waals surface area (Å²) in [4.78, 5) is 8.51. The molecule has 0 radical (unpaired) electrons. The van der Waals surface area contributed by atoms with Gasteiger partial charge in [0.1, 0.15) is 12.1 Å². The number of nitrogen functional groups attached to an aromatic ring is 1. The van der Waals surface area contributed by atoms with Crippen molar-refractivity contribution in [2.75, 3.05) is 11.1 Å². The number of para-hydroxylation sites is 1. The zero-order valence-corrected chi connectivity index (χ0v) is 11.6. The predicted octanol–water partition coefficient (Wildman–Crippen LogP) is 3.72. The highest BCUT2D eigenvalue weighted by Crippen LogP contribution is 2.28.